The molecule has 0 bridgehead atoms. The average Bonchev–Trinajstić information content (AvgIpc) is 3.31. The third-order valence-electron chi connectivity index (χ3n) is 9.16. The topological polar surface area (TPSA) is 80.8 Å². The second-order valence-corrected chi connectivity index (χ2v) is 12.9. The van der Waals surface area contributed by atoms with Gasteiger partial charge >= 0.3 is 0 Å². The van der Waals surface area contributed by atoms with Crippen molar-refractivity contribution in [3.8, 4) is 0 Å². The minimum atomic E-state index is -0.220. The van der Waals surface area contributed by atoms with Crippen LogP contribution < -0.4 is 0 Å². The molecule has 0 aromatic carbocycles. The molecule has 1 aliphatic carbocycles. The number of unbranched alkanes of at least 4 members (excludes halogenated alkanes) is 14. The molecule has 1 heterocycles. The molecular weight excluding hydrogens is 526 g/mol. The molecule has 2 aliphatic rings. The number of nitrogens with zero attached hydrogens (tertiary/aromatic N) is 1. The van der Waals surface area contributed by atoms with Crippen molar-refractivity contribution >= 4 is 23.4 Å². The molecule has 2 amide bonds. The summed E-state index contributed by atoms with van der Waals surface area (Å²) in [5.74, 6) is 0.624. The van der Waals surface area contributed by atoms with Gasteiger partial charge in [0.05, 0.1) is 0 Å². The first-order valence-corrected chi connectivity index (χ1v) is 17.7. The fourth-order valence-electron chi connectivity index (χ4n) is 6.38. The number of carbonyl (C=O) groups excluding carboxylic acids is 4. The van der Waals surface area contributed by atoms with Crippen LogP contribution in [0.2, 0.25) is 0 Å². The van der Waals surface area contributed by atoms with Crippen molar-refractivity contribution in [2.45, 2.75) is 161 Å². The number of rotatable bonds is 27. The van der Waals surface area contributed by atoms with E-state index < -0.39 is 0 Å². The van der Waals surface area contributed by atoms with Crippen LogP contribution >= 0.6 is 0 Å². The van der Waals surface area contributed by atoms with Crippen LogP contribution in [0, 0.1) is 11.8 Å². The number of amides is 2. The van der Waals surface area contributed by atoms with Gasteiger partial charge in [-0.05, 0) is 50.9 Å². The van der Waals surface area contributed by atoms with Crippen LogP contribution in [0.25, 0.3) is 0 Å². The van der Waals surface area contributed by atoms with Crippen LogP contribution in [-0.4, -0.2) is 48.0 Å². The Morgan fingerprint density at radius 2 is 1.10 bits per heavy atom. The zero-order valence-electron chi connectivity index (χ0n) is 26.9. The monoisotopic (exact) mass is 587 g/mol. The first-order chi connectivity index (χ1) is 20.5. The van der Waals surface area contributed by atoms with Gasteiger partial charge in [-0.2, -0.15) is 0 Å². The predicted octanol–water partition coefficient (Wildman–Crippen LogP) is 8.69. The Morgan fingerprint density at radius 1 is 0.643 bits per heavy atom. The van der Waals surface area contributed by atoms with Crippen molar-refractivity contribution in [1.29, 1.82) is 0 Å². The highest BCUT2D eigenvalue weighted by molar-refractivity contribution is 6.12. The van der Waals surface area contributed by atoms with Gasteiger partial charge in [-0.3, -0.25) is 24.1 Å². The van der Waals surface area contributed by atoms with Gasteiger partial charge in [0.1, 0.15) is 11.6 Å². The van der Waals surface area contributed by atoms with Crippen LogP contribution in [0.3, 0.4) is 0 Å². The molecule has 0 atom stereocenters. The lowest BCUT2D eigenvalue weighted by atomic mass is 9.79. The van der Waals surface area contributed by atoms with E-state index in [2.05, 4.69) is 6.92 Å². The van der Waals surface area contributed by atoms with Crippen molar-refractivity contribution in [3.05, 3.63) is 12.2 Å². The highest BCUT2D eigenvalue weighted by Crippen LogP contribution is 2.31. The lowest BCUT2D eigenvalue weighted by Gasteiger charge is -2.30. The van der Waals surface area contributed by atoms with E-state index in [9.17, 15) is 19.2 Å². The molecule has 1 aliphatic heterocycles. The number of hydrogen-bond donors (Lipinski definition) is 0. The molecule has 1 fully saturated rings. The Morgan fingerprint density at radius 3 is 1.62 bits per heavy atom. The summed E-state index contributed by atoms with van der Waals surface area (Å²) in [6.45, 7) is 3.91. The van der Waals surface area contributed by atoms with Gasteiger partial charge in [0, 0.05) is 57.1 Å². The Labute approximate surface area is 256 Å². The molecule has 0 radical (unpaired) electrons. The lowest BCUT2D eigenvalue weighted by molar-refractivity contribution is -0.138. The van der Waals surface area contributed by atoms with E-state index in [1.165, 1.54) is 107 Å². The summed E-state index contributed by atoms with van der Waals surface area (Å²) in [4.78, 5) is 49.5. The summed E-state index contributed by atoms with van der Waals surface area (Å²) in [7, 11) is 0. The number of ether oxygens (including phenoxy) is 1. The highest BCUT2D eigenvalue weighted by Gasteiger charge is 2.30. The van der Waals surface area contributed by atoms with Gasteiger partial charge in [-0.15, -0.1) is 0 Å². The van der Waals surface area contributed by atoms with E-state index in [4.69, 9.17) is 4.74 Å². The van der Waals surface area contributed by atoms with Gasteiger partial charge in [-0.25, -0.2) is 0 Å². The SMILES string of the molecule is CCCCCCCCCCCCCCCCCC(=O)CCCOCCCC(=O)C1CCC(CN2C(=O)C=CC2=O)CC1. The van der Waals surface area contributed by atoms with Gasteiger partial charge in [-0.1, -0.05) is 96.8 Å². The third-order valence-corrected chi connectivity index (χ3v) is 9.16. The highest BCUT2D eigenvalue weighted by atomic mass is 16.5. The van der Waals surface area contributed by atoms with Crippen molar-refractivity contribution in [1.82, 2.24) is 4.90 Å². The van der Waals surface area contributed by atoms with Crippen LogP contribution in [0.4, 0.5) is 0 Å². The predicted molar refractivity (Wildman–Crippen MR) is 170 cm³/mol. The smallest absolute Gasteiger partial charge is 0.253 e. The Bertz CT molecular complexity index is 781. The van der Waals surface area contributed by atoms with Crippen molar-refractivity contribution in [3.63, 3.8) is 0 Å². The molecule has 0 saturated heterocycles. The molecule has 0 spiro atoms. The third kappa shape index (κ3) is 16.7. The zero-order chi connectivity index (χ0) is 30.3. The number of Topliss-reactive ketones (excluding diaryl/α,β-unsaturated/α-hetero) is 2. The summed E-state index contributed by atoms with van der Waals surface area (Å²) in [5, 5.41) is 0. The molecule has 2 rings (SSSR count). The first kappa shape index (κ1) is 36.4. The van der Waals surface area contributed by atoms with Crippen LogP contribution in [-0.2, 0) is 23.9 Å². The maximum absolute atomic E-state index is 12.6. The van der Waals surface area contributed by atoms with Crippen LogP contribution in [0.1, 0.15) is 161 Å². The number of imide groups is 1. The number of carbonyl (C=O) groups is 4. The van der Waals surface area contributed by atoms with Crippen molar-refractivity contribution in [2.24, 2.45) is 11.8 Å². The van der Waals surface area contributed by atoms with E-state index in [1.54, 1.807) is 0 Å². The minimum absolute atomic E-state index is 0.0988. The second-order valence-electron chi connectivity index (χ2n) is 12.9. The van der Waals surface area contributed by atoms with Gasteiger partial charge in [0.15, 0.2) is 0 Å². The standard InChI is InChI=1S/C36H61NO5/c1-2-3-4-5-6-7-8-9-10-11-12-13-14-15-16-19-33(38)20-17-28-42-29-18-21-34(39)32-24-22-31(23-25-32)30-37-35(40)26-27-36(37)41/h26-27,31-32H,2-25,28-30H2,1H3. The lowest BCUT2D eigenvalue weighted by Crippen LogP contribution is -2.36. The van der Waals surface area contributed by atoms with E-state index in [1.807, 2.05) is 0 Å². The van der Waals surface area contributed by atoms with E-state index in [0.29, 0.717) is 56.5 Å². The maximum atomic E-state index is 12.6. The maximum Gasteiger partial charge on any atom is 0.253 e. The normalized spacial score (nSPS) is 18.7. The average molecular weight is 588 g/mol. The summed E-state index contributed by atoms with van der Waals surface area (Å²) in [5.41, 5.74) is 0. The number of hydrogen-bond acceptors (Lipinski definition) is 5. The van der Waals surface area contributed by atoms with Crippen molar-refractivity contribution < 1.29 is 23.9 Å². The fourth-order valence-corrected chi connectivity index (χ4v) is 6.38. The van der Waals surface area contributed by atoms with Crippen LogP contribution in [0.5, 0.6) is 0 Å². The molecule has 0 aromatic rings. The quantitative estimate of drug-likeness (QED) is 0.0709. The van der Waals surface area contributed by atoms with Gasteiger partial charge < -0.3 is 4.74 Å². The summed E-state index contributed by atoms with van der Waals surface area (Å²) in [6.07, 6.45) is 29.6. The van der Waals surface area contributed by atoms with E-state index in [0.717, 1.165) is 44.9 Å². The molecule has 1 saturated carbocycles. The largest absolute Gasteiger partial charge is 0.381 e. The second kappa shape index (κ2) is 23.6. The molecule has 42 heavy (non-hydrogen) atoms. The fraction of sp³-hybridized carbons (Fsp3) is 0.833. The van der Waals surface area contributed by atoms with Crippen molar-refractivity contribution in [2.75, 3.05) is 19.8 Å². The first-order valence-electron chi connectivity index (χ1n) is 17.7. The van der Waals surface area contributed by atoms with Gasteiger partial charge in [0.2, 0.25) is 0 Å². The van der Waals surface area contributed by atoms with E-state index in [-0.39, 0.29) is 17.7 Å². The molecule has 0 aromatic heterocycles. The molecule has 0 N–H and O–H groups in total. The number of ketones is 2. The Balaban J connectivity index is 1.31. The Kier molecular flexibility index (Phi) is 20.4. The Hall–Kier alpha value is -1.82. The summed E-state index contributed by atoms with van der Waals surface area (Å²) < 4.78 is 5.68. The molecule has 0 unspecified atom stereocenters. The van der Waals surface area contributed by atoms with E-state index >= 15 is 0 Å². The molecule has 240 valence electrons. The zero-order valence-corrected chi connectivity index (χ0v) is 26.9. The summed E-state index contributed by atoms with van der Waals surface area (Å²) >= 11 is 0. The summed E-state index contributed by atoms with van der Waals surface area (Å²) in [6, 6.07) is 0. The van der Waals surface area contributed by atoms with Gasteiger partial charge in [0.25, 0.3) is 11.8 Å². The molecular formula is C36H61NO5. The molecule has 6 nitrogen and oxygen atoms in total. The minimum Gasteiger partial charge on any atom is -0.381 e. The van der Waals surface area contributed by atoms with Crippen LogP contribution in [0.15, 0.2) is 12.2 Å². The molecule has 6 heteroatoms.